The molecule has 0 unspecified atom stereocenters. The Hall–Kier alpha value is -3.00. The van der Waals surface area contributed by atoms with Gasteiger partial charge < -0.3 is 9.80 Å². The number of carbonyl (C=O) groups excluding carboxylic acids is 1. The van der Waals surface area contributed by atoms with Crippen molar-refractivity contribution < 1.29 is 4.79 Å². The first-order valence-electron chi connectivity index (χ1n) is 9.33. The van der Waals surface area contributed by atoms with E-state index < -0.39 is 0 Å². The summed E-state index contributed by atoms with van der Waals surface area (Å²) in [5.41, 5.74) is 3.12. The highest BCUT2D eigenvalue weighted by molar-refractivity contribution is 7.13. The SMILES string of the molecule is Cc1nc2ccc(C(=O)N3CCN(c4nsc5ccccc45)CC3)nn2c1C. The second kappa shape index (κ2) is 6.56. The average molecular weight is 392 g/mol. The molecule has 3 aromatic heterocycles. The van der Waals surface area contributed by atoms with Crippen LogP contribution in [0.1, 0.15) is 21.9 Å². The van der Waals surface area contributed by atoms with Gasteiger partial charge in [-0.25, -0.2) is 9.50 Å². The van der Waals surface area contributed by atoms with Gasteiger partial charge in [0.05, 0.1) is 16.1 Å². The monoisotopic (exact) mass is 392 g/mol. The summed E-state index contributed by atoms with van der Waals surface area (Å²) in [6, 6.07) is 11.9. The molecule has 0 bridgehead atoms. The van der Waals surface area contributed by atoms with Crippen LogP contribution in [0.2, 0.25) is 0 Å². The van der Waals surface area contributed by atoms with E-state index in [0.29, 0.717) is 18.8 Å². The number of hydrogen-bond acceptors (Lipinski definition) is 6. The van der Waals surface area contributed by atoms with E-state index in [1.165, 1.54) is 21.6 Å². The van der Waals surface area contributed by atoms with E-state index in [2.05, 4.69) is 31.5 Å². The van der Waals surface area contributed by atoms with E-state index >= 15 is 0 Å². The smallest absolute Gasteiger partial charge is 0.274 e. The lowest BCUT2D eigenvalue weighted by atomic mass is 10.2. The number of imidazole rings is 1. The maximum Gasteiger partial charge on any atom is 0.274 e. The van der Waals surface area contributed by atoms with Gasteiger partial charge in [0.15, 0.2) is 5.65 Å². The zero-order chi connectivity index (χ0) is 19.3. The van der Waals surface area contributed by atoms with Crippen LogP contribution in [0.25, 0.3) is 15.7 Å². The van der Waals surface area contributed by atoms with Crippen LogP contribution in [0.4, 0.5) is 5.82 Å². The Morgan fingerprint density at radius 2 is 1.82 bits per heavy atom. The first-order chi connectivity index (χ1) is 13.6. The Bertz CT molecular complexity index is 1190. The lowest BCUT2D eigenvalue weighted by molar-refractivity contribution is 0.0739. The van der Waals surface area contributed by atoms with Crippen molar-refractivity contribution in [3.63, 3.8) is 0 Å². The standard InChI is InChI=1S/C20H20N6OS/c1-13-14(2)26-18(21-13)8-7-16(22-26)20(27)25-11-9-24(10-12-25)19-15-5-3-4-6-17(15)28-23-19/h3-8H,9-12H2,1-2H3. The molecule has 8 heteroatoms. The molecular weight excluding hydrogens is 372 g/mol. The first kappa shape index (κ1) is 17.1. The van der Waals surface area contributed by atoms with Crippen molar-refractivity contribution >= 4 is 39.0 Å². The molecule has 0 aliphatic carbocycles. The third kappa shape index (κ3) is 2.72. The predicted octanol–water partition coefficient (Wildman–Crippen LogP) is 2.92. The van der Waals surface area contributed by atoms with Crippen LogP contribution in [-0.4, -0.2) is 56.0 Å². The van der Waals surface area contributed by atoms with E-state index in [4.69, 9.17) is 0 Å². The summed E-state index contributed by atoms with van der Waals surface area (Å²) in [7, 11) is 0. The van der Waals surface area contributed by atoms with Gasteiger partial charge in [0.2, 0.25) is 0 Å². The zero-order valence-corrected chi connectivity index (χ0v) is 16.6. The molecule has 5 rings (SSSR count). The van der Waals surface area contributed by atoms with E-state index in [1.807, 2.05) is 36.9 Å². The number of amides is 1. The lowest BCUT2D eigenvalue weighted by Gasteiger charge is -2.34. The van der Waals surface area contributed by atoms with Crippen molar-refractivity contribution in [1.29, 1.82) is 0 Å². The van der Waals surface area contributed by atoms with Crippen LogP contribution < -0.4 is 4.90 Å². The molecule has 1 aliphatic heterocycles. The molecule has 1 aromatic carbocycles. The number of benzene rings is 1. The van der Waals surface area contributed by atoms with Crippen molar-refractivity contribution in [2.24, 2.45) is 0 Å². The van der Waals surface area contributed by atoms with E-state index in [9.17, 15) is 4.79 Å². The van der Waals surface area contributed by atoms with Crippen LogP contribution in [0.3, 0.4) is 0 Å². The number of fused-ring (bicyclic) bond motifs is 2. The molecule has 0 N–H and O–H groups in total. The highest BCUT2D eigenvalue weighted by atomic mass is 32.1. The fourth-order valence-corrected chi connectivity index (χ4v) is 4.45. The van der Waals surface area contributed by atoms with Gasteiger partial charge in [-0.15, -0.1) is 0 Å². The minimum absolute atomic E-state index is 0.0320. The van der Waals surface area contributed by atoms with Crippen LogP contribution in [0.5, 0.6) is 0 Å². The van der Waals surface area contributed by atoms with E-state index in [0.717, 1.165) is 35.9 Å². The molecule has 142 valence electrons. The second-order valence-electron chi connectivity index (χ2n) is 7.05. The lowest BCUT2D eigenvalue weighted by Crippen LogP contribution is -2.49. The van der Waals surface area contributed by atoms with E-state index in [-0.39, 0.29) is 5.91 Å². The molecule has 0 radical (unpaired) electrons. The minimum Gasteiger partial charge on any atom is -0.352 e. The van der Waals surface area contributed by atoms with Gasteiger partial charge in [0.1, 0.15) is 11.5 Å². The van der Waals surface area contributed by atoms with Crippen molar-refractivity contribution in [3.8, 4) is 0 Å². The second-order valence-corrected chi connectivity index (χ2v) is 7.86. The largest absolute Gasteiger partial charge is 0.352 e. The average Bonchev–Trinajstić information content (AvgIpc) is 3.28. The Balaban J connectivity index is 1.34. The van der Waals surface area contributed by atoms with Crippen molar-refractivity contribution in [2.75, 3.05) is 31.1 Å². The molecule has 1 aliphatic rings. The van der Waals surface area contributed by atoms with E-state index in [1.54, 1.807) is 10.6 Å². The number of rotatable bonds is 2. The fraction of sp³-hybridized carbons (Fsp3) is 0.300. The molecule has 4 aromatic rings. The van der Waals surface area contributed by atoms with Crippen LogP contribution in [0, 0.1) is 13.8 Å². The Labute approximate surface area is 166 Å². The highest BCUT2D eigenvalue weighted by Crippen LogP contribution is 2.29. The predicted molar refractivity (Wildman–Crippen MR) is 110 cm³/mol. The van der Waals surface area contributed by atoms with Crippen molar-refractivity contribution in [3.05, 3.63) is 53.5 Å². The van der Waals surface area contributed by atoms with Crippen LogP contribution >= 0.6 is 11.5 Å². The summed E-state index contributed by atoms with van der Waals surface area (Å²) >= 11 is 1.53. The molecular formula is C20H20N6OS. The molecule has 28 heavy (non-hydrogen) atoms. The van der Waals surface area contributed by atoms with Crippen LogP contribution in [-0.2, 0) is 0 Å². The molecule has 0 saturated carbocycles. The normalized spacial score (nSPS) is 14.9. The van der Waals surface area contributed by atoms with Crippen LogP contribution in [0.15, 0.2) is 36.4 Å². The molecule has 1 saturated heterocycles. The maximum atomic E-state index is 13.0. The third-order valence-electron chi connectivity index (χ3n) is 5.38. The van der Waals surface area contributed by atoms with Gasteiger partial charge in [0.25, 0.3) is 5.91 Å². The molecule has 1 fully saturated rings. The number of aryl methyl sites for hydroxylation is 2. The molecule has 0 spiro atoms. The van der Waals surface area contributed by atoms with Gasteiger partial charge in [-0.3, -0.25) is 4.79 Å². The Morgan fingerprint density at radius 1 is 1.04 bits per heavy atom. The summed E-state index contributed by atoms with van der Waals surface area (Å²) in [6.45, 7) is 6.77. The number of anilines is 1. The first-order valence-corrected chi connectivity index (χ1v) is 10.1. The number of nitrogens with zero attached hydrogens (tertiary/aromatic N) is 6. The maximum absolute atomic E-state index is 13.0. The van der Waals surface area contributed by atoms with Gasteiger partial charge >= 0.3 is 0 Å². The molecule has 4 heterocycles. The van der Waals surface area contributed by atoms with Gasteiger partial charge in [-0.05, 0) is 49.6 Å². The van der Waals surface area contributed by atoms with Gasteiger partial charge in [-0.2, -0.15) is 9.47 Å². The fourth-order valence-electron chi connectivity index (χ4n) is 3.65. The van der Waals surface area contributed by atoms with Crippen molar-refractivity contribution in [1.82, 2.24) is 23.9 Å². The Morgan fingerprint density at radius 3 is 2.64 bits per heavy atom. The molecule has 0 atom stereocenters. The minimum atomic E-state index is -0.0320. The highest BCUT2D eigenvalue weighted by Gasteiger charge is 2.25. The summed E-state index contributed by atoms with van der Waals surface area (Å²) in [5.74, 6) is 0.993. The number of aromatic nitrogens is 4. The summed E-state index contributed by atoms with van der Waals surface area (Å²) in [4.78, 5) is 21.6. The quantitative estimate of drug-likeness (QED) is 0.525. The van der Waals surface area contributed by atoms with Gasteiger partial charge in [-0.1, -0.05) is 12.1 Å². The molecule has 1 amide bonds. The van der Waals surface area contributed by atoms with Crippen molar-refractivity contribution in [2.45, 2.75) is 13.8 Å². The number of hydrogen-bond donors (Lipinski definition) is 0. The zero-order valence-electron chi connectivity index (χ0n) is 15.8. The summed E-state index contributed by atoms with van der Waals surface area (Å²) in [5, 5.41) is 5.70. The number of piperazine rings is 1. The Kier molecular flexibility index (Phi) is 4.01. The summed E-state index contributed by atoms with van der Waals surface area (Å²) < 4.78 is 7.58. The number of carbonyl (C=O) groups is 1. The third-order valence-corrected chi connectivity index (χ3v) is 6.20. The molecule has 7 nitrogen and oxygen atoms in total. The summed E-state index contributed by atoms with van der Waals surface area (Å²) in [6.07, 6.45) is 0. The van der Waals surface area contributed by atoms with Gasteiger partial charge in [0, 0.05) is 31.6 Å². The topological polar surface area (TPSA) is 66.6 Å².